The van der Waals surface area contributed by atoms with E-state index in [-0.39, 0.29) is 11.1 Å². The number of hydrogen-bond acceptors (Lipinski definition) is 3. The molecule has 0 saturated heterocycles. The molecule has 0 fully saturated rings. The zero-order valence-corrected chi connectivity index (χ0v) is 10.4. The number of H-pyrrole nitrogens is 1. The molecule has 0 aliphatic heterocycles. The fourth-order valence-corrected chi connectivity index (χ4v) is 2.00. The van der Waals surface area contributed by atoms with Gasteiger partial charge in [0.25, 0.3) is 0 Å². The van der Waals surface area contributed by atoms with Crippen molar-refractivity contribution in [3.63, 3.8) is 0 Å². The molecule has 0 aliphatic carbocycles. The van der Waals surface area contributed by atoms with E-state index in [1.807, 2.05) is 0 Å². The van der Waals surface area contributed by atoms with Gasteiger partial charge in [0.15, 0.2) is 5.43 Å². The van der Waals surface area contributed by atoms with Crippen molar-refractivity contribution < 1.29 is 14.6 Å². The van der Waals surface area contributed by atoms with Crippen LogP contribution in [0.15, 0.2) is 27.5 Å². The lowest BCUT2D eigenvalue weighted by molar-refractivity contribution is 0.0691. The lowest BCUT2D eigenvalue weighted by atomic mass is 10.2. The van der Waals surface area contributed by atoms with E-state index in [4.69, 9.17) is 9.84 Å². The largest absolute Gasteiger partial charge is 0.495 e. The van der Waals surface area contributed by atoms with Crippen molar-refractivity contribution in [2.24, 2.45) is 0 Å². The summed E-state index contributed by atoms with van der Waals surface area (Å²) in [4.78, 5) is 25.3. The number of fused-ring (bicyclic) bond motifs is 1. The van der Waals surface area contributed by atoms with Gasteiger partial charge in [-0.15, -0.1) is 0 Å². The number of pyridine rings is 1. The number of ether oxygens (including phenoxy) is 1. The Balaban J connectivity index is 2.91. The fourth-order valence-electron chi connectivity index (χ4n) is 1.56. The van der Waals surface area contributed by atoms with Crippen LogP contribution in [0.25, 0.3) is 10.9 Å². The average molecular weight is 298 g/mol. The van der Waals surface area contributed by atoms with E-state index >= 15 is 0 Å². The first-order valence-corrected chi connectivity index (χ1v) is 5.46. The SMILES string of the molecule is COc1cc(Br)cc2c(=O)cc(C(=O)O)[nH]c12. The third-order valence-electron chi connectivity index (χ3n) is 2.32. The van der Waals surface area contributed by atoms with Crippen molar-refractivity contribution in [2.75, 3.05) is 7.11 Å². The Morgan fingerprint density at radius 2 is 2.12 bits per heavy atom. The Hall–Kier alpha value is -1.82. The van der Waals surface area contributed by atoms with Gasteiger partial charge in [0, 0.05) is 10.5 Å². The van der Waals surface area contributed by atoms with E-state index in [0.29, 0.717) is 21.1 Å². The Kier molecular flexibility index (Phi) is 2.89. The molecular weight excluding hydrogens is 290 g/mol. The van der Waals surface area contributed by atoms with Gasteiger partial charge in [-0.25, -0.2) is 4.79 Å². The molecule has 0 amide bonds. The number of aromatic nitrogens is 1. The summed E-state index contributed by atoms with van der Waals surface area (Å²) in [6.45, 7) is 0. The standard InChI is InChI=1S/C11H8BrNO4/c1-17-9-3-5(12)2-6-8(14)4-7(11(15)16)13-10(6)9/h2-4H,1H3,(H,13,14)(H,15,16). The second kappa shape index (κ2) is 4.21. The third kappa shape index (κ3) is 2.03. The second-order valence-corrected chi connectivity index (χ2v) is 4.30. The highest BCUT2D eigenvalue weighted by Gasteiger charge is 2.11. The maximum absolute atomic E-state index is 11.8. The van der Waals surface area contributed by atoms with Crippen LogP contribution in [0, 0.1) is 0 Å². The summed E-state index contributed by atoms with van der Waals surface area (Å²) in [5.74, 6) is -0.774. The normalized spacial score (nSPS) is 10.5. The minimum absolute atomic E-state index is 0.164. The molecule has 17 heavy (non-hydrogen) atoms. The summed E-state index contributed by atoms with van der Waals surface area (Å²) in [5.41, 5.74) is -0.153. The number of carboxylic acid groups (broad SMARTS) is 1. The van der Waals surface area contributed by atoms with Gasteiger partial charge in [-0.1, -0.05) is 15.9 Å². The number of aromatic amines is 1. The Morgan fingerprint density at radius 3 is 2.71 bits per heavy atom. The summed E-state index contributed by atoms with van der Waals surface area (Å²) in [6, 6.07) is 4.32. The number of carboxylic acids is 1. The van der Waals surface area contributed by atoms with E-state index in [1.54, 1.807) is 12.1 Å². The molecule has 5 nitrogen and oxygen atoms in total. The van der Waals surface area contributed by atoms with Crippen LogP contribution in [0.3, 0.4) is 0 Å². The Bertz CT molecular complexity index is 662. The van der Waals surface area contributed by atoms with Gasteiger partial charge in [0.2, 0.25) is 0 Å². The summed E-state index contributed by atoms with van der Waals surface area (Å²) in [6.07, 6.45) is 0. The lowest BCUT2D eigenvalue weighted by Gasteiger charge is -2.07. The van der Waals surface area contributed by atoms with Gasteiger partial charge in [-0.05, 0) is 12.1 Å². The molecule has 88 valence electrons. The summed E-state index contributed by atoms with van der Waals surface area (Å²) in [7, 11) is 1.45. The van der Waals surface area contributed by atoms with Crippen molar-refractivity contribution in [3.05, 3.63) is 38.6 Å². The summed E-state index contributed by atoms with van der Waals surface area (Å²) >= 11 is 3.26. The maximum atomic E-state index is 11.8. The quantitative estimate of drug-likeness (QED) is 0.888. The van der Waals surface area contributed by atoms with Gasteiger partial charge in [-0.2, -0.15) is 0 Å². The molecule has 1 aromatic heterocycles. The van der Waals surface area contributed by atoms with Crippen molar-refractivity contribution in [1.82, 2.24) is 4.98 Å². The Morgan fingerprint density at radius 1 is 1.41 bits per heavy atom. The van der Waals surface area contributed by atoms with Crippen LogP contribution in [0.5, 0.6) is 5.75 Å². The van der Waals surface area contributed by atoms with E-state index in [0.717, 1.165) is 6.07 Å². The summed E-state index contributed by atoms with van der Waals surface area (Å²) < 4.78 is 5.80. The van der Waals surface area contributed by atoms with E-state index < -0.39 is 5.97 Å². The molecule has 0 spiro atoms. The van der Waals surface area contributed by atoms with Gasteiger partial charge in [-0.3, -0.25) is 4.79 Å². The molecule has 0 saturated carbocycles. The molecule has 0 unspecified atom stereocenters. The van der Waals surface area contributed by atoms with Gasteiger partial charge in [0.05, 0.1) is 18.0 Å². The van der Waals surface area contributed by atoms with E-state index in [9.17, 15) is 9.59 Å². The first-order valence-electron chi connectivity index (χ1n) is 4.67. The average Bonchev–Trinajstić information content (AvgIpc) is 2.28. The van der Waals surface area contributed by atoms with E-state index in [2.05, 4.69) is 20.9 Å². The lowest BCUT2D eigenvalue weighted by Crippen LogP contribution is -2.10. The Labute approximate surface area is 104 Å². The van der Waals surface area contributed by atoms with Crippen LogP contribution < -0.4 is 10.2 Å². The molecule has 0 atom stereocenters. The topological polar surface area (TPSA) is 79.4 Å². The number of carbonyl (C=O) groups is 1. The number of hydrogen-bond donors (Lipinski definition) is 2. The number of benzene rings is 1. The zero-order valence-electron chi connectivity index (χ0n) is 8.78. The molecule has 6 heteroatoms. The minimum atomic E-state index is -1.19. The first kappa shape index (κ1) is 11.7. The molecule has 0 bridgehead atoms. The molecule has 1 heterocycles. The maximum Gasteiger partial charge on any atom is 0.352 e. The smallest absolute Gasteiger partial charge is 0.352 e. The van der Waals surface area contributed by atoms with Crippen molar-refractivity contribution in [2.45, 2.75) is 0 Å². The molecule has 1 aromatic carbocycles. The second-order valence-electron chi connectivity index (χ2n) is 3.38. The third-order valence-corrected chi connectivity index (χ3v) is 2.78. The van der Waals surface area contributed by atoms with Gasteiger partial charge in [0.1, 0.15) is 11.4 Å². The highest BCUT2D eigenvalue weighted by Crippen LogP contribution is 2.26. The number of halogens is 1. The molecule has 2 aromatic rings. The number of nitrogens with one attached hydrogen (secondary N) is 1. The van der Waals surface area contributed by atoms with Crippen molar-refractivity contribution in [3.8, 4) is 5.75 Å². The molecular formula is C11H8BrNO4. The van der Waals surface area contributed by atoms with Crippen LogP contribution in [0.1, 0.15) is 10.5 Å². The first-order chi connectivity index (χ1) is 8.02. The molecule has 2 N–H and O–H groups in total. The minimum Gasteiger partial charge on any atom is -0.495 e. The van der Waals surface area contributed by atoms with Crippen LogP contribution in [-0.2, 0) is 0 Å². The highest BCUT2D eigenvalue weighted by molar-refractivity contribution is 9.10. The predicted octanol–water partition coefficient (Wildman–Crippen LogP) is 2.00. The van der Waals surface area contributed by atoms with Gasteiger partial charge < -0.3 is 14.8 Å². The number of rotatable bonds is 2. The van der Waals surface area contributed by atoms with Crippen LogP contribution >= 0.6 is 15.9 Å². The van der Waals surface area contributed by atoms with Crippen LogP contribution in [-0.4, -0.2) is 23.2 Å². The zero-order chi connectivity index (χ0) is 12.6. The van der Waals surface area contributed by atoms with Crippen molar-refractivity contribution >= 4 is 32.8 Å². The summed E-state index contributed by atoms with van der Waals surface area (Å²) in [5, 5.41) is 9.24. The number of aromatic carboxylic acids is 1. The predicted molar refractivity (Wildman–Crippen MR) is 65.8 cm³/mol. The molecule has 2 rings (SSSR count). The monoisotopic (exact) mass is 297 g/mol. The van der Waals surface area contributed by atoms with Crippen LogP contribution in [0.4, 0.5) is 0 Å². The van der Waals surface area contributed by atoms with Gasteiger partial charge >= 0.3 is 5.97 Å². The highest BCUT2D eigenvalue weighted by atomic mass is 79.9. The molecule has 0 radical (unpaired) electrons. The van der Waals surface area contributed by atoms with E-state index in [1.165, 1.54) is 7.11 Å². The van der Waals surface area contributed by atoms with Crippen LogP contribution in [0.2, 0.25) is 0 Å². The van der Waals surface area contributed by atoms with Crippen molar-refractivity contribution in [1.29, 1.82) is 0 Å². The number of methoxy groups -OCH3 is 1. The fraction of sp³-hybridized carbons (Fsp3) is 0.0909. The molecule has 0 aliphatic rings.